The second-order valence-corrected chi connectivity index (χ2v) is 8.62. The number of aliphatic carboxylic acids is 1. The van der Waals surface area contributed by atoms with Gasteiger partial charge in [-0.15, -0.1) is 13.2 Å². The van der Waals surface area contributed by atoms with Crippen molar-refractivity contribution in [1.82, 2.24) is 9.21 Å². The summed E-state index contributed by atoms with van der Waals surface area (Å²) in [6, 6.07) is 9.68. The predicted molar refractivity (Wildman–Crippen MR) is 105 cm³/mol. The number of rotatable bonds is 5. The first-order valence-corrected chi connectivity index (χ1v) is 10.6. The monoisotopic (exact) mass is 473 g/mol. The molecule has 0 radical (unpaired) electrons. The molecule has 1 atom stereocenters. The van der Waals surface area contributed by atoms with E-state index in [9.17, 15) is 36.3 Å². The number of hydrogen-bond acceptors (Lipinski definition) is 5. The second kappa shape index (κ2) is 9.04. The summed E-state index contributed by atoms with van der Waals surface area (Å²) in [6.45, 7) is -0.818. The molecule has 172 valence electrons. The van der Waals surface area contributed by atoms with E-state index < -0.39 is 51.6 Å². The van der Waals surface area contributed by atoms with Gasteiger partial charge in [0.05, 0.1) is 4.90 Å². The maximum atomic E-state index is 12.9. The van der Waals surface area contributed by atoms with E-state index >= 15 is 0 Å². The summed E-state index contributed by atoms with van der Waals surface area (Å²) in [5.74, 6) is -2.09. The molecular formula is C19H18F3N3O6S. The van der Waals surface area contributed by atoms with Gasteiger partial charge in [0, 0.05) is 25.3 Å². The number of piperazine rings is 1. The van der Waals surface area contributed by atoms with E-state index in [1.807, 2.05) is 0 Å². The molecule has 0 bridgehead atoms. The molecule has 9 nitrogen and oxygen atoms in total. The number of urea groups is 1. The lowest BCUT2D eigenvalue weighted by atomic mass is 10.2. The van der Waals surface area contributed by atoms with Crippen LogP contribution in [0.1, 0.15) is 0 Å². The van der Waals surface area contributed by atoms with Crippen molar-refractivity contribution in [3.8, 4) is 5.75 Å². The van der Waals surface area contributed by atoms with Crippen LogP contribution in [0.5, 0.6) is 5.75 Å². The maximum Gasteiger partial charge on any atom is 0.573 e. The first kappa shape index (κ1) is 23.3. The molecule has 2 aromatic rings. The average molecular weight is 473 g/mol. The van der Waals surface area contributed by atoms with Gasteiger partial charge in [-0.25, -0.2) is 13.2 Å². The molecule has 32 heavy (non-hydrogen) atoms. The molecule has 2 aromatic carbocycles. The van der Waals surface area contributed by atoms with Gasteiger partial charge in [-0.2, -0.15) is 4.31 Å². The van der Waals surface area contributed by atoms with Gasteiger partial charge in [0.15, 0.2) is 0 Å². The van der Waals surface area contributed by atoms with Crippen molar-refractivity contribution >= 4 is 27.7 Å². The third kappa shape index (κ3) is 5.48. The summed E-state index contributed by atoms with van der Waals surface area (Å²) in [5, 5.41) is 12.2. The number of ether oxygens (including phenoxy) is 1. The highest BCUT2D eigenvalue weighted by atomic mass is 32.2. The largest absolute Gasteiger partial charge is 0.573 e. The van der Waals surface area contributed by atoms with E-state index in [-0.39, 0.29) is 13.1 Å². The van der Waals surface area contributed by atoms with Crippen molar-refractivity contribution in [1.29, 1.82) is 0 Å². The molecule has 1 fully saturated rings. The van der Waals surface area contributed by atoms with Crippen molar-refractivity contribution in [3.05, 3.63) is 54.6 Å². The van der Waals surface area contributed by atoms with Crippen LogP contribution in [-0.2, 0) is 14.8 Å². The average Bonchev–Trinajstić information content (AvgIpc) is 2.73. The van der Waals surface area contributed by atoms with Gasteiger partial charge in [0.2, 0.25) is 10.0 Å². The van der Waals surface area contributed by atoms with Gasteiger partial charge in [0.25, 0.3) is 0 Å². The molecule has 2 amide bonds. The van der Waals surface area contributed by atoms with Crippen molar-refractivity contribution in [2.45, 2.75) is 17.3 Å². The van der Waals surface area contributed by atoms with E-state index in [2.05, 4.69) is 10.1 Å². The third-order valence-corrected chi connectivity index (χ3v) is 6.51. The van der Waals surface area contributed by atoms with Gasteiger partial charge in [-0.3, -0.25) is 4.79 Å². The number of benzene rings is 2. The Labute approximate surface area is 181 Å². The summed E-state index contributed by atoms with van der Waals surface area (Å²) in [6.07, 6.45) is -4.94. The Hall–Kier alpha value is -3.32. The number of hydrogen-bond donors (Lipinski definition) is 2. The Morgan fingerprint density at radius 1 is 1.03 bits per heavy atom. The van der Waals surface area contributed by atoms with Crippen LogP contribution in [0.2, 0.25) is 0 Å². The number of para-hydroxylation sites is 1. The first-order valence-electron chi connectivity index (χ1n) is 9.19. The topological polar surface area (TPSA) is 116 Å². The number of amides is 2. The molecule has 1 aliphatic heterocycles. The van der Waals surface area contributed by atoms with Crippen LogP contribution < -0.4 is 10.1 Å². The molecule has 1 aliphatic rings. The number of sulfonamides is 1. The second-order valence-electron chi connectivity index (χ2n) is 6.73. The molecule has 1 saturated heterocycles. The van der Waals surface area contributed by atoms with Crippen LogP contribution in [-0.4, -0.2) is 66.8 Å². The first-order chi connectivity index (χ1) is 15.0. The lowest BCUT2D eigenvalue weighted by Gasteiger charge is -2.38. The normalized spacial score (nSPS) is 17.6. The maximum absolute atomic E-state index is 12.9. The fraction of sp³-hybridized carbons (Fsp3) is 0.263. The minimum atomic E-state index is -4.94. The molecule has 3 rings (SSSR count). The Bertz CT molecular complexity index is 1080. The lowest BCUT2D eigenvalue weighted by Crippen LogP contribution is -2.59. The van der Waals surface area contributed by atoms with E-state index in [0.717, 1.165) is 24.3 Å². The Morgan fingerprint density at radius 3 is 2.22 bits per heavy atom. The number of carbonyl (C=O) groups is 2. The van der Waals surface area contributed by atoms with Crippen LogP contribution >= 0.6 is 0 Å². The highest BCUT2D eigenvalue weighted by Gasteiger charge is 2.41. The molecule has 0 aromatic heterocycles. The van der Waals surface area contributed by atoms with Crippen LogP contribution in [0.15, 0.2) is 59.5 Å². The van der Waals surface area contributed by atoms with E-state index in [1.54, 1.807) is 30.3 Å². The van der Waals surface area contributed by atoms with E-state index in [4.69, 9.17) is 0 Å². The number of carboxylic acids is 1. The third-order valence-electron chi connectivity index (χ3n) is 4.59. The zero-order valence-electron chi connectivity index (χ0n) is 16.3. The zero-order valence-corrected chi connectivity index (χ0v) is 17.1. The predicted octanol–water partition coefficient (Wildman–Crippen LogP) is 2.58. The fourth-order valence-corrected chi connectivity index (χ4v) is 4.68. The summed E-state index contributed by atoms with van der Waals surface area (Å²) in [4.78, 5) is 25.0. The number of alkyl halides is 3. The van der Waals surface area contributed by atoms with Crippen molar-refractivity contribution < 1.29 is 41.0 Å². The number of halogens is 3. The van der Waals surface area contributed by atoms with Crippen LogP contribution in [0.3, 0.4) is 0 Å². The van der Waals surface area contributed by atoms with Crippen molar-refractivity contribution in [2.24, 2.45) is 0 Å². The molecule has 0 saturated carbocycles. The Kier molecular flexibility index (Phi) is 6.60. The summed E-state index contributed by atoms with van der Waals surface area (Å²) >= 11 is 0. The summed E-state index contributed by atoms with van der Waals surface area (Å²) in [7, 11) is -4.37. The standard InChI is InChI=1S/C19H18F3N3O6S/c20-19(21,22)31-14-6-8-15(9-7-14)32(29,30)25-11-10-24(12-16(25)17(26)27)18(28)23-13-4-2-1-3-5-13/h1-9,16H,10-12H2,(H,23,28)(H,26,27)/t16-/m1/s1. The van der Waals surface area contributed by atoms with Crippen LogP contribution in [0, 0.1) is 0 Å². The highest BCUT2D eigenvalue weighted by Crippen LogP contribution is 2.27. The summed E-state index contributed by atoms with van der Waals surface area (Å²) < 4.78 is 67.2. The molecule has 1 heterocycles. The van der Waals surface area contributed by atoms with E-state index in [0.29, 0.717) is 9.99 Å². The molecule has 0 aliphatic carbocycles. The number of nitrogens with zero attached hydrogens (tertiary/aromatic N) is 2. The van der Waals surface area contributed by atoms with E-state index in [1.165, 1.54) is 4.90 Å². The van der Waals surface area contributed by atoms with Crippen LogP contribution in [0.4, 0.5) is 23.7 Å². The van der Waals surface area contributed by atoms with Crippen molar-refractivity contribution in [3.63, 3.8) is 0 Å². The lowest BCUT2D eigenvalue weighted by molar-refractivity contribution is -0.274. The molecule has 0 spiro atoms. The number of nitrogens with one attached hydrogen (secondary N) is 1. The number of carbonyl (C=O) groups excluding carboxylic acids is 1. The van der Waals surface area contributed by atoms with Crippen LogP contribution in [0.25, 0.3) is 0 Å². The Balaban J connectivity index is 1.76. The fourth-order valence-electron chi connectivity index (χ4n) is 3.11. The quantitative estimate of drug-likeness (QED) is 0.690. The smallest absolute Gasteiger partial charge is 0.480 e. The molecular weight excluding hydrogens is 455 g/mol. The minimum Gasteiger partial charge on any atom is -0.480 e. The van der Waals surface area contributed by atoms with Gasteiger partial charge < -0.3 is 20.1 Å². The van der Waals surface area contributed by atoms with Gasteiger partial charge >= 0.3 is 18.4 Å². The van der Waals surface area contributed by atoms with Gasteiger partial charge in [0.1, 0.15) is 11.8 Å². The number of anilines is 1. The van der Waals surface area contributed by atoms with Gasteiger partial charge in [-0.05, 0) is 36.4 Å². The molecule has 2 N–H and O–H groups in total. The van der Waals surface area contributed by atoms with Gasteiger partial charge in [-0.1, -0.05) is 18.2 Å². The number of carboxylic acid groups (broad SMARTS) is 1. The zero-order chi connectivity index (χ0) is 23.5. The Morgan fingerprint density at radius 2 is 1.66 bits per heavy atom. The van der Waals surface area contributed by atoms with Crippen molar-refractivity contribution in [2.75, 3.05) is 25.0 Å². The molecule has 0 unspecified atom stereocenters. The molecule has 13 heteroatoms. The highest BCUT2D eigenvalue weighted by molar-refractivity contribution is 7.89. The SMILES string of the molecule is O=C(O)[C@H]1CN(C(=O)Nc2ccccc2)CCN1S(=O)(=O)c1ccc(OC(F)(F)F)cc1. The summed E-state index contributed by atoms with van der Waals surface area (Å²) in [5.41, 5.74) is 0.487. The minimum absolute atomic E-state index is 0.0864.